The van der Waals surface area contributed by atoms with Crippen LogP contribution in [0.15, 0.2) is 60.7 Å². The van der Waals surface area contributed by atoms with Crippen LogP contribution in [-0.4, -0.2) is 58.9 Å². The van der Waals surface area contributed by atoms with Gasteiger partial charge in [-0.3, -0.25) is 0 Å². The Bertz CT molecular complexity index is 1740. The van der Waals surface area contributed by atoms with Crippen LogP contribution >= 0.6 is 23.2 Å². The molecule has 2 atom stereocenters. The Balaban J connectivity index is 1.26. The fourth-order valence-electron chi connectivity index (χ4n) is 9.64. The maximum Gasteiger partial charge on any atom is 0.141 e. The maximum absolute atomic E-state index is 12.3. The lowest BCUT2D eigenvalue weighted by atomic mass is 9.49. The van der Waals surface area contributed by atoms with Crippen molar-refractivity contribution in [1.82, 2.24) is 14.9 Å². The molecule has 0 spiro atoms. The second kappa shape index (κ2) is 14.7. The molecule has 8 rings (SSSR count). The van der Waals surface area contributed by atoms with Crippen molar-refractivity contribution < 1.29 is 15.0 Å². The van der Waals surface area contributed by atoms with Crippen molar-refractivity contribution in [3.8, 4) is 11.4 Å². The predicted molar refractivity (Wildman–Crippen MR) is 197 cm³/mol. The molecule has 4 saturated carbocycles. The first-order valence-corrected chi connectivity index (χ1v) is 18.5. The smallest absolute Gasteiger partial charge is 0.141 e. The van der Waals surface area contributed by atoms with E-state index in [1.165, 1.54) is 38.5 Å². The van der Waals surface area contributed by atoms with Crippen LogP contribution in [0.5, 0.6) is 0 Å². The van der Waals surface area contributed by atoms with Crippen LogP contribution in [-0.2, 0) is 17.9 Å². The van der Waals surface area contributed by atoms with E-state index in [0.29, 0.717) is 35.1 Å². The highest BCUT2D eigenvalue weighted by Crippen LogP contribution is 2.61. The lowest BCUT2D eigenvalue weighted by Gasteiger charge is -2.57. The van der Waals surface area contributed by atoms with Gasteiger partial charge in [0.05, 0.1) is 34.3 Å². The van der Waals surface area contributed by atoms with Crippen molar-refractivity contribution >= 4 is 46.2 Å². The number of nitrogens with two attached hydrogens (primary N) is 1. The first-order chi connectivity index (χ1) is 23.8. The molecular weight excluding hydrogens is 657 g/mol. The molecule has 5 N–H and O–H groups in total. The molecule has 4 bridgehead atoms. The zero-order chi connectivity index (χ0) is 34.1. The Morgan fingerprint density at radius 3 is 2.20 bits per heavy atom. The molecule has 1 aromatic heterocycles. The summed E-state index contributed by atoms with van der Waals surface area (Å²) in [5.74, 6) is 3.05. The summed E-state index contributed by atoms with van der Waals surface area (Å²) in [6.07, 6.45) is 9.02. The molecule has 0 saturated heterocycles. The maximum atomic E-state index is 12.3. The van der Waals surface area contributed by atoms with Crippen LogP contribution in [0.25, 0.3) is 22.4 Å². The van der Waals surface area contributed by atoms with Crippen molar-refractivity contribution in [1.29, 1.82) is 0 Å². The molecule has 4 aliphatic carbocycles. The first kappa shape index (κ1) is 34.5. The van der Waals surface area contributed by atoms with Gasteiger partial charge in [0.1, 0.15) is 12.1 Å². The summed E-state index contributed by atoms with van der Waals surface area (Å²) in [6.45, 7) is 2.60. The van der Waals surface area contributed by atoms with Crippen LogP contribution < -0.4 is 16.0 Å². The number of aldehydes is 1. The molecule has 3 aromatic carbocycles. The number of carbonyl (C=O) groups is 1. The van der Waals surface area contributed by atoms with Gasteiger partial charge in [0, 0.05) is 55.9 Å². The minimum absolute atomic E-state index is 0.0172. The number of hydrogen-bond acceptors (Lipinski definition) is 7. The van der Waals surface area contributed by atoms with Gasteiger partial charge in [-0.2, -0.15) is 0 Å². The Morgan fingerprint density at radius 2 is 1.61 bits per heavy atom. The van der Waals surface area contributed by atoms with Gasteiger partial charge in [-0.1, -0.05) is 35.3 Å². The molecule has 4 aliphatic rings. The number of halogens is 2. The van der Waals surface area contributed by atoms with E-state index in [1.54, 1.807) is 6.07 Å². The molecule has 260 valence electrons. The minimum Gasteiger partial charge on any atom is -0.395 e. The van der Waals surface area contributed by atoms with Gasteiger partial charge in [-0.15, -0.1) is 0 Å². The predicted octanol–water partition coefficient (Wildman–Crippen LogP) is 6.62. The molecule has 0 amide bonds. The van der Waals surface area contributed by atoms with Crippen molar-refractivity contribution in [2.24, 2.45) is 34.8 Å². The zero-order valence-electron chi connectivity index (χ0n) is 27.9. The van der Waals surface area contributed by atoms with Crippen LogP contribution in [0.2, 0.25) is 10.0 Å². The third-order valence-corrected chi connectivity index (χ3v) is 12.1. The van der Waals surface area contributed by atoms with Gasteiger partial charge in [0.2, 0.25) is 0 Å². The van der Waals surface area contributed by atoms with E-state index in [9.17, 15) is 15.0 Å². The highest BCUT2D eigenvalue weighted by Gasteiger charge is 2.51. The molecule has 49 heavy (non-hydrogen) atoms. The summed E-state index contributed by atoms with van der Waals surface area (Å²) in [6, 6.07) is 20.0. The average Bonchev–Trinajstić information content (AvgIpc) is 3.44. The number of aliphatic hydroxyl groups is 2. The lowest BCUT2D eigenvalue weighted by molar-refractivity contribution is -0.111. The first-order valence-electron chi connectivity index (χ1n) is 17.7. The summed E-state index contributed by atoms with van der Waals surface area (Å²) in [4.78, 5) is 19.6. The number of nitrogens with one attached hydrogen (secondary N) is 1. The highest BCUT2D eigenvalue weighted by atomic mass is 35.5. The molecule has 10 heteroatoms. The minimum atomic E-state index is -0.429. The number of aliphatic hydroxyl groups excluding tert-OH is 2. The summed E-state index contributed by atoms with van der Waals surface area (Å²) >= 11 is 12.4. The largest absolute Gasteiger partial charge is 0.395 e. The normalized spacial score (nSPS) is 24.0. The van der Waals surface area contributed by atoms with Crippen molar-refractivity contribution in [2.75, 3.05) is 37.7 Å². The molecule has 4 aromatic rings. The standard InChI is InChI=1S/C39H47Cl2N5O3/c40-33-7-1-25(16-34(33)41)22-43-37(31(21-42)23-49)30-4-8-36-35(17-30)44-38(29-2-5-32(6-3-29)45(9-11-47)10-12-48)46(36)24-39-18-26-13-27(19-39)15-28(14-26)20-39/h1-8,16-17,23,26-28,31,37,43,47-48H,9-15,18-22,24,42H2. The van der Waals surface area contributed by atoms with E-state index in [2.05, 4.69) is 52.3 Å². The molecule has 1 heterocycles. The van der Waals surface area contributed by atoms with E-state index in [4.69, 9.17) is 33.9 Å². The van der Waals surface area contributed by atoms with Crippen molar-refractivity contribution in [2.45, 2.75) is 57.7 Å². The molecule has 0 aliphatic heterocycles. The van der Waals surface area contributed by atoms with E-state index in [0.717, 1.165) is 69.8 Å². The lowest BCUT2D eigenvalue weighted by Crippen LogP contribution is -2.47. The van der Waals surface area contributed by atoms with E-state index in [-0.39, 0.29) is 25.8 Å². The monoisotopic (exact) mass is 703 g/mol. The van der Waals surface area contributed by atoms with Gasteiger partial charge in [0.25, 0.3) is 0 Å². The summed E-state index contributed by atoms with van der Waals surface area (Å²) in [7, 11) is 0. The van der Waals surface area contributed by atoms with Crippen LogP contribution in [0, 0.1) is 29.1 Å². The van der Waals surface area contributed by atoms with E-state index >= 15 is 0 Å². The summed E-state index contributed by atoms with van der Waals surface area (Å²) in [5.41, 5.74) is 12.3. The SMILES string of the molecule is NCC(C=O)C(NCc1ccc(Cl)c(Cl)c1)c1ccc2c(c1)nc(-c1ccc(N(CCO)CCO)cc1)n2CC12CC3CC(CC(C3)C1)C2. The second-order valence-electron chi connectivity index (χ2n) is 14.8. The summed E-state index contributed by atoms with van der Waals surface area (Å²) < 4.78 is 2.46. The highest BCUT2D eigenvalue weighted by molar-refractivity contribution is 6.42. The Morgan fingerprint density at radius 1 is 0.939 bits per heavy atom. The molecule has 2 unspecified atom stereocenters. The molecule has 4 fully saturated rings. The topological polar surface area (TPSA) is 117 Å². The number of aromatic nitrogens is 2. The Kier molecular flexibility index (Phi) is 10.3. The van der Waals surface area contributed by atoms with Crippen LogP contribution in [0.4, 0.5) is 5.69 Å². The van der Waals surface area contributed by atoms with Gasteiger partial charge in [-0.25, -0.2) is 4.98 Å². The quantitative estimate of drug-likeness (QED) is 0.103. The fourth-order valence-corrected chi connectivity index (χ4v) is 9.96. The summed E-state index contributed by atoms with van der Waals surface area (Å²) in [5, 5.41) is 23.7. The molecule has 8 nitrogen and oxygen atoms in total. The van der Waals surface area contributed by atoms with Gasteiger partial charge < -0.3 is 35.5 Å². The van der Waals surface area contributed by atoms with Crippen molar-refractivity contribution in [3.05, 3.63) is 81.8 Å². The number of carbonyl (C=O) groups excluding carboxylic acids is 1. The van der Waals surface area contributed by atoms with E-state index in [1.807, 2.05) is 17.0 Å². The Labute approximate surface area is 298 Å². The average molecular weight is 705 g/mol. The number of fused-ring (bicyclic) bond motifs is 1. The van der Waals surface area contributed by atoms with Gasteiger partial charge in [-0.05, 0) is 121 Å². The number of hydrogen-bond donors (Lipinski definition) is 4. The van der Waals surface area contributed by atoms with E-state index < -0.39 is 5.92 Å². The van der Waals surface area contributed by atoms with Gasteiger partial charge >= 0.3 is 0 Å². The third kappa shape index (κ3) is 7.14. The number of anilines is 1. The number of imidazole rings is 1. The third-order valence-electron chi connectivity index (χ3n) is 11.4. The second-order valence-corrected chi connectivity index (χ2v) is 15.6. The Hall–Kier alpha value is -2.98. The molecular formula is C39H47Cl2N5O3. The van der Waals surface area contributed by atoms with Crippen LogP contribution in [0.1, 0.15) is 55.7 Å². The number of nitrogens with zero attached hydrogens (tertiary/aromatic N) is 3. The van der Waals surface area contributed by atoms with Gasteiger partial charge in [0.15, 0.2) is 0 Å². The van der Waals surface area contributed by atoms with Crippen LogP contribution in [0.3, 0.4) is 0 Å². The fraction of sp³-hybridized carbons (Fsp3) is 0.487. The number of benzene rings is 3. The number of rotatable bonds is 15. The zero-order valence-corrected chi connectivity index (χ0v) is 29.4. The molecule has 0 radical (unpaired) electrons. The van der Waals surface area contributed by atoms with Crippen molar-refractivity contribution in [3.63, 3.8) is 0 Å².